The molecule has 1 aromatic rings. The van der Waals surface area contributed by atoms with E-state index < -0.39 is 0 Å². The van der Waals surface area contributed by atoms with Gasteiger partial charge in [-0.1, -0.05) is 0 Å². The number of ether oxygens (including phenoxy) is 4. The van der Waals surface area contributed by atoms with Crippen molar-refractivity contribution >= 4 is 17.9 Å². The fraction of sp³-hybridized carbons (Fsp3) is 0.565. The third kappa shape index (κ3) is 2.92. The molecule has 0 radical (unpaired) electrons. The predicted octanol–water partition coefficient (Wildman–Crippen LogP) is 4.23. The highest BCUT2D eigenvalue weighted by atomic mass is 16.6. The van der Waals surface area contributed by atoms with Crippen LogP contribution in [0.2, 0.25) is 0 Å². The molecule has 5 aliphatic rings. The summed E-state index contributed by atoms with van der Waals surface area (Å²) in [5, 5.41) is 0. The molecule has 154 valence electrons. The molecular weight excluding hydrogens is 370 g/mol. The molecular formula is C23H27NO5. The van der Waals surface area contributed by atoms with Gasteiger partial charge < -0.3 is 18.9 Å². The molecule has 29 heavy (non-hydrogen) atoms. The van der Waals surface area contributed by atoms with E-state index in [-0.39, 0.29) is 11.4 Å². The fourth-order valence-electron chi connectivity index (χ4n) is 6.39. The first-order valence-electron chi connectivity index (χ1n) is 10.4. The lowest BCUT2D eigenvalue weighted by atomic mass is 9.49. The first kappa shape index (κ1) is 18.5. The standard InChI is InChI=1S/C23H27NO5/c1-26-18-5-4-16(19(27-2)20(18)28-3)9-17-21(25)29-22(24-17)23-10-13-6-14(11-23)8-15(7-13)12-23/h4-5,9,13-15H,6-8,10-12H2,1-3H3/b17-9-. The maximum absolute atomic E-state index is 12.7. The molecule has 0 saturated heterocycles. The molecule has 1 aliphatic heterocycles. The van der Waals surface area contributed by atoms with E-state index in [2.05, 4.69) is 0 Å². The van der Waals surface area contributed by atoms with Gasteiger partial charge in [-0.15, -0.1) is 0 Å². The Morgan fingerprint density at radius 2 is 1.59 bits per heavy atom. The molecule has 0 N–H and O–H groups in total. The lowest BCUT2D eigenvalue weighted by Crippen LogP contribution is -2.50. The lowest BCUT2D eigenvalue weighted by molar-refractivity contribution is -0.131. The zero-order valence-corrected chi connectivity index (χ0v) is 17.2. The molecule has 6 heteroatoms. The van der Waals surface area contributed by atoms with E-state index >= 15 is 0 Å². The minimum absolute atomic E-state index is 0.0400. The van der Waals surface area contributed by atoms with Crippen molar-refractivity contribution in [3.8, 4) is 17.2 Å². The van der Waals surface area contributed by atoms with Crippen molar-refractivity contribution in [2.45, 2.75) is 38.5 Å². The second-order valence-corrected chi connectivity index (χ2v) is 8.96. The number of hydrogen-bond donors (Lipinski definition) is 0. The summed E-state index contributed by atoms with van der Waals surface area (Å²) < 4.78 is 22.1. The molecule has 4 fully saturated rings. The summed E-state index contributed by atoms with van der Waals surface area (Å²) in [4.78, 5) is 17.4. The molecule has 0 spiro atoms. The summed E-state index contributed by atoms with van der Waals surface area (Å²) in [6.07, 6.45) is 9.06. The summed E-state index contributed by atoms with van der Waals surface area (Å²) in [5.74, 6) is 4.12. The van der Waals surface area contributed by atoms with Gasteiger partial charge in [-0.05, 0) is 74.5 Å². The van der Waals surface area contributed by atoms with Gasteiger partial charge in [0.15, 0.2) is 17.2 Å². The Balaban J connectivity index is 1.50. The summed E-state index contributed by atoms with van der Waals surface area (Å²) >= 11 is 0. The maximum Gasteiger partial charge on any atom is 0.363 e. The van der Waals surface area contributed by atoms with E-state index in [0.717, 1.165) is 37.0 Å². The molecule has 4 saturated carbocycles. The van der Waals surface area contributed by atoms with Gasteiger partial charge in [0.25, 0.3) is 0 Å². The smallest absolute Gasteiger partial charge is 0.363 e. The molecule has 6 rings (SSSR count). The van der Waals surface area contributed by atoms with Crippen molar-refractivity contribution in [1.82, 2.24) is 0 Å². The topological polar surface area (TPSA) is 66.4 Å². The molecule has 1 heterocycles. The van der Waals surface area contributed by atoms with Crippen molar-refractivity contribution in [3.63, 3.8) is 0 Å². The molecule has 4 bridgehead atoms. The number of esters is 1. The molecule has 0 aromatic heterocycles. The quantitative estimate of drug-likeness (QED) is 0.550. The van der Waals surface area contributed by atoms with Crippen LogP contribution < -0.4 is 14.2 Å². The number of carbonyl (C=O) groups is 1. The summed E-state index contributed by atoms with van der Waals surface area (Å²) in [6.45, 7) is 0. The van der Waals surface area contributed by atoms with Crippen LogP contribution in [0, 0.1) is 23.2 Å². The summed E-state index contributed by atoms with van der Waals surface area (Å²) in [7, 11) is 4.70. The number of nitrogens with zero attached hydrogens (tertiary/aromatic N) is 1. The molecule has 0 unspecified atom stereocenters. The van der Waals surface area contributed by atoms with Gasteiger partial charge in [-0.25, -0.2) is 9.79 Å². The Hall–Kier alpha value is -2.50. The van der Waals surface area contributed by atoms with E-state index in [1.807, 2.05) is 6.07 Å². The fourth-order valence-corrected chi connectivity index (χ4v) is 6.39. The highest BCUT2D eigenvalue weighted by Crippen LogP contribution is 2.61. The molecule has 1 aromatic carbocycles. The average molecular weight is 397 g/mol. The number of carbonyl (C=O) groups excluding carboxylic acids is 1. The van der Waals surface area contributed by atoms with Crippen molar-refractivity contribution in [2.24, 2.45) is 28.2 Å². The monoisotopic (exact) mass is 397 g/mol. The SMILES string of the molecule is COc1ccc(/C=C2\N=C(C34CC5CC(CC(C5)C3)C4)OC2=O)c(OC)c1OC. The number of hydrogen-bond acceptors (Lipinski definition) is 6. The highest BCUT2D eigenvalue weighted by Gasteiger charge is 2.55. The number of cyclic esters (lactones) is 1. The zero-order chi connectivity index (χ0) is 20.2. The molecule has 6 nitrogen and oxygen atoms in total. The molecule has 0 amide bonds. The van der Waals surface area contributed by atoms with Gasteiger partial charge in [0, 0.05) is 11.0 Å². The van der Waals surface area contributed by atoms with Gasteiger partial charge in [0.2, 0.25) is 11.6 Å². The largest absolute Gasteiger partial charge is 0.493 e. The van der Waals surface area contributed by atoms with Crippen LogP contribution in [0.15, 0.2) is 22.8 Å². The van der Waals surface area contributed by atoms with E-state index in [9.17, 15) is 4.79 Å². The zero-order valence-electron chi connectivity index (χ0n) is 17.2. The maximum atomic E-state index is 12.7. The number of methoxy groups -OCH3 is 3. The Labute approximate surface area is 170 Å². The van der Waals surface area contributed by atoms with Crippen LogP contribution in [0.5, 0.6) is 17.2 Å². The number of aliphatic imine (C=N–C) groups is 1. The van der Waals surface area contributed by atoms with Crippen molar-refractivity contribution in [3.05, 3.63) is 23.4 Å². The first-order chi connectivity index (χ1) is 14.0. The minimum atomic E-state index is -0.382. The third-order valence-corrected chi connectivity index (χ3v) is 7.14. The van der Waals surface area contributed by atoms with Crippen LogP contribution in [0.3, 0.4) is 0 Å². The van der Waals surface area contributed by atoms with Crippen LogP contribution in [-0.4, -0.2) is 33.2 Å². The normalized spacial score (nSPS) is 33.6. The first-order valence-corrected chi connectivity index (χ1v) is 10.4. The average Bonchev–Trinajstić information content (AvgIpc) is 3.07. The molecule has 0 atom stereocenters. The Bertz CT molecular complexity index is 881. The van der Waals surface area contributed by atoms with Gasteiger partial charge in [-0.3, -0.25) is 0 Å². The van der Waals surface area contributed by atoms with Crippen molar-refractivity contribution in [1.29, 1.82) is 0 Å². The van der Waals surface area contributed by atoms with Gasteiger partial charge in [0.1, 0.15) is 0 Å². The summed E-state index contributed by atoms with van der Waals surface area (Å²) in [5.41, 5.74) is 0.982. The summed E-state index contributed by atoms with van der Waals surface area (Å²) in [6, 6.07) is 3.62. The Kier molecular flexibility index (Phi) is 4.33. The van der Waals surface area contributed by atoms with Crippen molar-refractivity contribution in [2.75, 3.05) is 21.3 Å². The van der Waals surface area contributed by atoms with Crippen LogP contribution in [0.1, 0.15) is 44.1 Å². The van der Waals surface area contributed by atoms with Crippen molar-refractivity contribution < 1.29 is 23.7 Å². The van der Waals surface area contributed by atoms with Crippen LogP contribution >= 0.6 is 0 Å². The van der Waals surface area contributed by atoms with E-state index in [0.29, 0.717) is 34.4 Å². The van der Waals surface area contributed by atoms with Crippen LogP contribution in [-0.2, 0) is 9.53 Å². The Morgan fingerprint density at radius 1 is 0.966 bits per heavy atom. The van der Waals surface area contributed by atoms with Crippen LogP contribution in [0.25, 0.3) is 6.08 Å². The molecule has 4 aliphatic carbocycles. The Morgan fingerprint density at radius 3 is 2.14 bits per heavy atom. The minimum Gasteiger partial charge on any atom is -0.493 e. The lowest BCUT2D eigenvalue weighted by Gasteiger charge is -2.55. The predicted molar refractivity (Wildman–Crippen MR) is 108 cm³/mol. The second kappa shape index (κ2) is 6.78. The highest BCUT2D eigenvalue weighted by molar-refractivity contribution is 6.09. The van der Waals surface area contributed by atoms with E-state index in [1.165, 1.54) is 19.3 Å². The second-order valence-electron chi connectivity index (χ2n) is 8.96. The third-order valence-electron chi connectivity index (χ3n) is 7.14. The van der Waals surface area contributed by atoms with Crippen LogP contribution in [0.4, 0.5) is 0 Å². The van der Waals surface area contributed by atoms with E-state index in [4.69, 9.17) is 23.9 Å². The number of benzene rings is 1. The van der Waals surface area contributed by atoms with Gasteiger partial charge >= 0.3 is 5.97 Å². The van der Waals surface area contributed by atoms with Gasteiger partial charge in [0.05, 0.1) is 21.3 Å². The van der Waals surface area contributed by atoms with E-state index in [1.54, 1.807) is 33.5 Å². The van der Waals surface area contributed by atoms with Gasteiger partial charge in [-0.2, -0.15) is 0 Å². The number of rotatable bonds is 5.